The van der Waals surface area contributed by atoms with Gasteiger partial charge in [-0.2, -0.15) is 0 Å². The molecule has 0 aromatic carbocycles. The van der Waals surface area contributed by atoms with Crippen molar-refractivity contribution in [2.75, 3.05) is 0 Å². The maximum Gasteiger partial charge on any atom is 0.692 e. The van der Waals surface area contributed by atoms with Crippen LogP contribution in [0.25, 0.3) is 0 Å². The van der Waals surface area contributed by atoms with E-state index in [2.05, 4.69) is 11.5 Å². The third kappa shape index (κ3) is 193. The fourth-order valence-corrected chi connectivity index (χ4v) is 0. The molecule has 0 aliphatic carbocycles. The summed E-state index contributed by atoms with van der Waals surface area (Å²) in [4.78, 5) is 14.2. The zero-order chi connectivity index (χ0) is 7.15. The van der Waals surface area contributed by atoms with Crippen molar-refractivity contribution in [1.82, 2.24) is 0 Å². The van der Waals surface area contributed by atoms with Crippen LogP contribution in [0.2, 0.25) is 0 Å². The van der Waals surface area contributed by atoms with Crippen LogP contribution in [0.4, 0.5) is 0 Å². The smallest absolute Gasteiger partial charge is 0.370 e. The van der Waals surface area contributed by atoms with Gasteiger partial charge in [0.15, 0.2) is 5.96 Å². The van der Waals surface area contributed by atoms with Crippen molar-refractivity contribution in [2.45, 2.75) is 0 Å². The lowest BCUT2D eigenvalue weighted by molar-refractivity contribution is 0.405. The molecule has 0 unspecified atom stereocenters. The van der Waals surface area contributed by atoms with E-state index in [0.717, 1.165) is 0 Å². The van der Waals surface area contributed by atoms with Gasteiger partial charge in [-0.05, 0) is 0 Å². The second-order valence-electron chi connectivity index (χ2n) is 0.708. The lowest BCUT2D eigenvalue weighted by Crippen LogP contribution is -2.20. The monoisotopic (exact) mass is 140 g/mol. The Hall–Kier alpha value is -0.710. The fraction of sp³-hybridized carbons (Fsp3) is 0. The van der Waals surface area contributed by atoms with E-state index in [-0.39, 0.29) is 5.96 Å². The molecule has 6 nitrogen and oxygen atoms in total. The largest absolute Gasteiger partial charge is 0.692 e. The van der Waals surface area contributed by atoms with Gasteiger partial charge in [0.1, 0.15) is 0 Å². The van der Waals surface area contributed by atoms with Crippen molar-refractivity contribution in [3.05, 3.63) is 0 Å². The van der Waals surface area contributed by atoms with Gasteiger partial charge in [0.25, 0.3) is 0 Å². The Morgan fingerprint density at radius 1 is 1.50 bits per heavy atom. The van der Waals surface area contributed by atoms with Gasteiger partial charge in [-0.1, -0.05) is 0 Å². The molecule has 0 rings (SSSR count). The van der Waals surface area contributed by atoms with Crippen LogP contribution < -0.4 is 11.5 Å². The Balaban J connectivity index is 0. The molecule has 0 heterocycles. The fourth-order valence-electron chi connectivity index (χ4n) is 0. The van der Waals surface area contributed by atoms with Crippen LogP contribution in [0.3, 0.4) is 0 Å². The summed E-state index contributed by atoms with van der Waals surface area (Å²) in [7, 11) is -2.87. The van der Waals surface area contributed by atoms with Crippen molar-refractivity contribution < 1.29 is 14.4 Å². The molecule has 7 heteroatoms. The molecule has 0 saturated heterocycles. The zero-order valence-electron chi connectivity index (χ0n) is 3.90. The average Bonchev–Trinajstić information content (AvgIpc) is 1.25. The van der Waals surface area contributed by atoms with Gasteiger partial charge < -0.3 is 11.5 Å². The highest BCUT2D eigenvalue weighted by Crippen LogP contribution is 1.98. The highest BCUT2D eigenvalue weighted by atomic mass is 31.1. The molecule has 0 spiro atoms. The summed E-state index contributed by atoms with van der Waals surface area (Å²) >= 11 is 0. The maximum atomic E-state index is 8.70. The van der Waals surface area contributed by atoms with E-state index in [0.29, 0.717) is 0 Å². The third-order valence-corrected chi connectivity index (χ3v) is 0. The van der Waals surface area contributed by atoms with E-state index in [4.69, 9.17) is 19.8 Å². The molecule has 0 bridgehead atoms. The summed E-state index contributed by atoms with van der Waals surface area (Å²) in [5.41, 5.74) is 8.94. The quantitative estimate of drug-likeness (QED) is 0.158. The molecule has 0 aromatic heterocycles. The molecule has 0 aliphatic heterocycles. The molecule has 0 aliphatic rings. The van der Waals surface area contributed by atoms with E-state index in [1.165, 1.54) is 0 Å². The molecule has 48 valence electrons. The third-order valence-electron chi connectivity index (χ3n) is 0. The first-order valence-electron chi connectivity index (χ1n) is 1.41. The van der Waals surface area contributed by atoms with Crippen LogP contribution >= 0.6 is 8.25 Å². The number of hydrogen-bond acceptors (Lipinski definition) is 2. The second-order valence-corrected chi connectivity index (χ2v) is 1.21. The lowest BCUT2D eigenvalue weighted by Gasteiger charge is -1.69. The van der Waals surface area contributed by atoms with Crippen molar-refractivity contribution >= 4 is 14.2 Å². The number of guanidine groups is 1. The molecular formula is CH7N3O3P+. The topological polar surface area (TPSA) is 133 Å². The first-order valence-corrected chi connectivity index (χ1v) is 2.58. The molecular weight excluding hydrogens is 133 g/mol. The minimum absolute atomic E-state index is 0.333. The minimum atomic E-state index is -2.87. The molecule has 8 heavy (non-hydrogen) atoms. The Morgan fingerprint density at radius 3 is 1.50 bits per heavy atom. The molecule has 0 radical (unpaired) electrons. The summed E-state index contributed by atoms with van der Waals surface area (Å²) in [5.74, 6) is -0.333. The van der Waals surface area contributed by atoms with Gasteiger partial charge in [-0.3, -0.25) is 5.41 Å². The van der Waals surface area contributed by atoms with Gasteiger partial charge in [-0.25, -0.2) is 0 Å². The van der Waals surface area contributed by atoms with Gasteiger partial charge in [0, 0.05) is 4.57 Å². The van der Waals surface area contributed by atoms with Crippen LogP contribution in [0, 0.1) is 5.41 Å². The molecule has 0 saturated carbocycles. The van der Waals surface area contributed by atoms with E-state index in [1.54, 1.807) is 0 Å². The first-order chi connectivity index (χ1) is 3.46. The number of hydrogen-bond donors (Lipinski definition) is 5. The van der Waals surface area contributed by atoms with Crippen LogP contribution in [0.15, 0.2) is 0 Å². The predicted molar refractivity (Wildman–Crippen MR) is 28.1 cm³/mol. The van der Waals surface area contributed by atoms with Crippen LogP contribution in [0.1, 0.15) is 0 Å². The zero-order valence-corrected chi connectivity index (χ0v) is 4.80. The normalized spacial score (nSPS) is 6.25. The number of nitrogens with one attached hydrogen (secondary N) is 1. The summed E-state index contributed by atoms with van der Waals surface area (Å²) in [6, 6.07) is 0. The standard InChI is InChI=1S/CH5N3.HO3P/c2-1(3)4;1-4(2)3/h(H5,2,3,4);(H-,1,2,3)/p+1. The summed E-state index contributed by atoms with van der Waals surface area (Å²) in [6.45, 7) is 0. The van der Waals surface area contributed by atoms with Crippen molar-refractivity contribution in [3.8, 4) is 0 Å². The van der Waals surface area contributed by atoms with Gasteiger partial charge >= 0.3 is 8.25 Å². The van der Waals surface area contributed by atoms with E-state index in [1.807, 2.05) is 0 Å². The summed E-state index contributed by atoms with van der Waals surface area (Å²) in [5, 5.41) is 6.06. The molecule has 0 aromatic rings. The minimum Gasteiger partial charge on any atom is -0.370 e. The Bertz CT molecular complexity index is 72.5. The van der Waals surface area contributed by atoms with Crippen LogP contribution in [0.5, 0.6) is 0 Å². The summed E-state index contributed by atoms with van der Waals surface area (Å²) < 4.78 is 8.70. The average molecular weight is 140 g/mol. The van der Waals surface area contributed by atoms with E-state index < -0.39 is 8.25 Å². The molecule has 0 atom stereocenters. The predicted octanol–water partition coefficient (Wildman–Crippen LogP) is -1.53. The van der Waals surface area contributed by atoms with Crippen LogP contribution in [-0.4, -0.2) is 15.7 Å². The molecule has 0 amide bonds. The van der Waals surface area contributed by atoms with Gasteiger partial charge in [0.2, 0.25) is 0 Å². The maximum absolute atomic E-state index is 8.70. The Morgan fingerprint density at radius 2 is 1.50 bits per heavy atom. The van der Waals surface area contributed by atoms with Crippen molar-refractivity contribution in [1.29, 1.82) is 5.41 Å². The molecule has 0 fully saturated rings. The van der Waals surface area contributed by atoms with E-state index in [9.17, 15) is 0 Å². The Labute approximate surface area is 46.6 Å². The number of rotatable bonds is 0. The van der Waals surface area contributed by atoms with Gasteiger partial charge in [-0.15, -0.1) is 9.79 Å². The van der Waals surface area contributed by atoms with Crippen molar-refractivity contribution in [2.24, 2.45) is 11.5 Å². The Kier molecular flexibility index (Phi) is 8.10. The van der Waals surface area contributed by atoms with E-state index >= 15 is 0 Å². The summed E-state index contributed by atoms with van der Waals surface area (Å²) in [6.07, 6.45) is 0. The van der Waals surface area contributed by atoms with Crippen LogP contribution in [-0.2, 0) is 4.57 Å². The lowest BCUT2D eigenvalue weighted by atomic mass is 11.1. The highest BCUT2D eigenvalue weighted by molar-refractivity contribution is 7.30. The molecule has 7 N–H and O–H groups in total. The van der Waals surface area contributed by atoms with Gasteiger partial charge in [0.05, 0.1) is 0 Å². The first kappa shape index (κ1) is 10.3. The second kappa shape index (κ2) is 6.29. The number of nitrogens with two attached hydrogens (primary N) is 2. The van der Waals surface area contributed by atoms with Crippen molar-refractivity contribution in [3.63, 3.8) is 0 Å². The highest BCUT2D eigenvalue weighted by Gasteiger charge is 1.93. The SMILES string of the molecule is N=C(N)N.O=[P+](O)O.